The maximum atomic E-state index is 13.9. The Bertz CT molecular complexity index is 1710. The van der Waals surface area contributed by atoms with Gasteiger partial charge in [-0.05, 0) is 41.5 Å². The lowest BCUT2D eigenvalue weighted by Crippen LogP contribution is -2.48. The highest BCUT2D eigenvalue weighted by Gasteiger charge is 2.28. The van der Waals surface area contributed by atoms with Crippen LogP contribution < -0.4 is 24.8 Å². The van der Waals surface area contributed by atoms with Gasteiger partial charge >= 0.3 is 0 Å². The first kappa shape index (κ1) is 27.4. The van der Waals surface area contributed by atoms with Crippen molar-refractivity contribution >= 4 is 38.8 Å². The molecule has 0 bridgehead atoms. The lowest BCUT2D eigenvalue weighted by Gasteiger charge is -2.36. The number of fused-ring (bicyclic) bond motifs is 1. The van der Waals surface area contributed by atoms with Crippen LogP contribution in [0.5, 0.6) is 17.2 Å². The van der Waals surface area contributed by atoms with Crippen LogP contribution in [0, 0.1) is 0 Å². The van der Waals surface area contributed by atoms with E-state index in [1.807, 2.05) is 71.6 Å². The second-order valence-electron chi connectivity index (χ2n) is 9.97. The van der Waals surface area contributed by atoms with Gasteiger partial charge in [-0.3, -0.25) is 4.79 Å². The van der Waals surface area contributed by atoms with Gasteiger partial charge in [-0.1, -0.05) is 48.5 Å². The minimum atomic E-state index is -0.0692. The van der Waals surface area contributed by atoms with Crippen molar-refractivity contribution in [1.29, 1.82) is 0 Å². The second-order valence-corrected chi connectivity index (χ2v) is 11.0. The Kier molecular flexibility index (Phi) is 7.58. The number of benzene rings is 3. The number of anilines is 2. The molecular weight excluding hydrogens is 548 g/mol. The fraction of sp³-hybridized carbons (Fsp3) is 0.212. The van der Waals surface area contributed by atoms with Gasteiger partial charge < -0.3 is 29.7 Å². The number of pyridine rings is 1. The first-order valence-corrected chi connectivity index (χ1v) is 14.5. The summed E-state index contributed by atoms with van der Waals surface area (Å²) in [4.78, 5) is 24.2. The number of nitrogens with zero attached hydrogens (tertiary/aromatic N) is 3. The number of piperazine rings is 1. The zero-order chi connectivity index (χ0) is 29.2. The zero-order valence-corrected chi connectivity index (χ0v) is 24.6. The maximum absolute atomic E-state index is 13.9. The quantitative estimate of drug-likeness (QED) is 0.245. The number of hydrogen-bond acceptors (Lipinski definition) is 8. The van der Waals surface area contributed by atoms with Crippen molar-refractivity contribution in [3.8, 4) is 39.6 Å². The molecule has 3 heterocycles. The van der Waals surface area contributed by atoms with E-state index in [1.165, 1.54) is 17.0 Å². The fourth-order valence-corrected chi connectivity index (χ4v) is 6.54. The van der Waals surface area contributed by atoms with E-state index in [4.69, 9.17) is 24.9 Å². The summed E-state index contributed by atoms with van der Waals surface area (Å²) in [6, 6.07) is 26.0. The molecule has 1 saturated heterocycles. The summed E-state index contributed by atoms with van der Waals surface area (Å²) in [6.07, 6.45) is 0. The summed E-state index contributed by atoms with van der Waals surface area (Å²) in [5.74, 6) is 1.49. The monoisotopic (exact) mass is 580 g/mol. The highest BCUT2D eigenvalue weighted by atomic mass is 32.1. The SMILES string of the molecule is COc1cc(-c2cc(-c3ccccc3)nc3sc(C(=O)N4CCN(c5ccccc5)CC4)c(N)c23)cc(OC)c1OC. The standard InChI is InChI=1S/C33H32N4O4S/c1-39-26-18-22(19-27(40-2)30(26)41-3)24-20-25(21-10-6-4-7-11-21)35-32-28(24)29(34)31(42-32)33(38)37-16-14-36(15-17-37)23-12-8-5-9-13-23/h4-13,18-20H,14-17,34H2,1-3H3. The van der Waals surface area contributed by atoms with Gasteiger partial charge in [0.25, 0.3) is 5.91 Å². The molecule has 5 aromatic rings. The number of methoxy groups -OCH3 is 3. The number of carbonyl (C=O) groups is 1. The molecule has 9 heteroatoms. The van der Waals surface area contributed by atoms with Crippen molar-refractivity contribution in [3.63, 3.8) is 0 Å². The van der Waals surface area contributed by atoms with Crippen LogP contribution in [0.2, 0.25) is 0 Å². The van der Waals surface area contributed by atoms with Crippen molar-refractivity contribution in [3.05, 3.63) is 83.7 Å². The van der Waals surface area contributed by atoms with Crippen LogP contribution in [0.25, 0.3) is 32.6 Å². The second kappa shape index (κ2) is 11.6. The minimum Gasteiger partial charge on any atom is -0.493 e. The van der Waals surface area contributed by atoms with Crippen molar-refractivity contribution < 1.29 is 19.0 Å². The summed E-state index contributed by atoms with van der Waals surface area (Å²) in [6.45, 7) is 2.75. The largest absolute Gasteiger partial charge is 0.493 e. The molecule has 2 aromatic heterocycles. The minimum absolute atomic E-state index is 0.0692. The summed E-state index contributed by atoms with van der Waals surface area (Å²) in [5, 5.41) is 0.736. The average Bonchev–Trinajstić information content (AvgIpc) is 3.40. The van der Waals surface area contributed by atoms with Crippen LogP contribution in [0.4, 0.5) is 11.4 Å². The highest BCUT2D eigenvalue weighted by Crippen LogP contribution is 2.46. The van der Waals surface area contributed by atoms with Crippen LogP contribution in [0.15, 0.2) is 78.9 Å². The van der Waals surface area contributed by atoms with Crippen LogP contribution in [-0.2, 0) is 0 Å². The van der Waals surface area contributed by atoms with Crippen LogP contribution in [0.1, 0.15) is 9.67 Å². The van der Waals surface area contributed by atoms with Crippen LogP contribution in [0.3, 0.4) is 0 Å². The number of aromatic nitrogens is 1. The Morgan fingerprint density at radius 2 is 1.43 bits per heavy atom. The third-order valence-corrected chi connectivity index (χ3v) is 8.71. The van der Waals surface area contributed by atoms with Crippen LogP contribution >= 0.6 is 11.3 Å². The van der Waals surface area contributed by atoms with Gasteiger partial charge in [0.2, 0.25) is 5.75 Å². The highest BCUT2D eigenvalue weighted by molar-refractivity contribution is 7.21. The van der Waals surface area contributed by atoms with Gasteiger partial charge in [-0.2, -0.15) is 0 Å². The summed E-state index contributed by atoms with van der Waals surface area (Å²) < 4.78 is 16.8. The van der Waals surface area contributed by atoms with Crippen molar-refractivity contribution in [1.82, 2.24) is 9.88 Å². The summed E-state index contributed by atoms with van der Waals surface area (Å²) >= 11 is 1.34. The molecule has 42 heavy (non-hydrogen) atoms. The topological polar surface area (TPSA) is 90.2 Å². The Labute approximate surface area is 248 Å². The Morgan fingerprint density at radius 3 is 2.02 bits per heavy atom. The molecule has 2 N–H and O–H groups in total. The van der Waals surface area contributed by atoms with E-state index in [0.29, 0.717) is 45.7 Å². The number of para-hydroxylation sites is 1. The number of nitrogen functional groups attached to an aromatic ring is 1. The molecule has 0 saturated carbocycles. The first-order valence-electron chi connectivity index (χ1n) is 13.7. The number of hydrogen-bond donors (Lipinski definition) is 1. The number of amides is 1. The van der Waals surface area contributed by atoms with Gasteiger partial charge in [0.1, 0.15) is 9.71 Å². The number of nitrogens with two attached hydrogens (primary N) is 1. The smallest absolute Gasteiger partial charge is 0.266 e. The number of thiophene rings is 1. The Morgan fingerprint density at radius 1 is 0.810 bits per heavy atom. The number of rotatable bonds is 7. The Hall–Kier alpha value is -4.76. The van der Waals surface area contributed by atoms with Gasteiger partial charge in [0.05, 0.1) is 32.7 Å². The third kappa shape index (κ3) is 4.96. The van der Waals surface area contributed by atoms with E-state index in [2.05, 4.69) is 17.0 Å². The summed E-state index contributed by atoms with van der Waals surface area (Å²) in [5.41, 5.74) is 11.8. The van der Waals surface area contributed by atoms with Crippen LogP contribution in [-0.4, -0.2) is 63.3 Å². The average molecular weight is 581 g/mol. The lowest BCUT2D eigenvalue weighted by molar-refractivity contribution is 0.0752. The van der Waals surface area contributed by atoms with E-state index in [1.54, 1.807) is 21.3 Å². The fourth-order valence-electron chi connectivity index (χ4n) is 5.45. The molecular formula is C33H32N4O4S. The maximum Gasteiger partial charge on any atom is 0.266 e. The molecule has 1 aliphatic rings. The molecule has 3 aromatic carbocycles. The molecule has 214 valence electrons. The van der Waals surface area contributed by atoms with E-state index in [0.717, 1.165) is 40.9 Å². The van der Waals surface area contributed by atoms with Crippen molar-refractivity contribution in [2.75, 3.05) is 58.1 Å². The molecule has 0 spiro atoms. The van der Waals surface area contributed by atoms with Gasteiger partial charge in [-0.15, -0.1) is 11.3 Å². The molecule has 0 radical (unpaired) electrons. The van der Waals surface area contributed by atoms with Gasteiger partial charge in [0, 0.05) is 42.8 Å². The van der Waals surface area contributed by atoms with E-state index >= 15 is 0 Å². The molecule has 1 aliphatic heterocycles. The molecule has 1 fully saturated rings. The zero-order valence-electron chi connectivity index (χ0n) is 23.8. The molecule has 6 rings (SSSR count). The van der Waals surface area contributed by atoms with E-state index < -0.39 is 0 Å². The summed E-state index contributed by atoms with van der Waals surface area (Å²) in [7, 11) is 4.75. The lowest BCUT2D eigenvalue weighted by atomic mass is 9.98. The third-order valence-electron chi connectivity index (χ3n) is 7.63. The van der Waals surface area contributed by atoms with Crippen molar-refractivity contribution in [2.24, 2.45) is 0 Å². The van der Waals surface area contributed by atoms with Gasteiger partial charge in [0.15, 0.2) is 11.5 Å². The normalized spacial score (nSPS) is 13.3. The molecule has 1 amide bonds. The van der Waals surface area contributed by atoms with Gasteiger partial charge in [-0.25, -0.2) is 4.98 Å². The van der Waals surface area contributed by atoms with Crippen molar-refractivity contribution in [2.45, 2.75) is 0 Å². The van der Waals surface area contributed by atoms with E-state index in [-0.39, 0.29) is 5.91 Å². The molecule has 0 unspecified atom stereocenters. The van der Waals surface area contributed by atoms with E-state index in [9.17, 15) is 4.79 Å². The molecule has 8 nitrogen and oxygen atoms in total. The predicted octanol–water partition coefficient (Wildman–Crippen LogP) is 6.20. The molecule has 0 aliphatic carbocycles. The Balaban J connectivity index is 1.43. The number of carbonyl (C=O) groups excluding carboxylic acids is 1. The number of ether oxygens (including phenoxy) is 3. The first-order chi connectivity index (χ1) is 20.5. The predicted molar refractivity (Wildman–Crippen MR) is 169 cm³/mol. The molecule has 0 atom stereocenters.